The Kier molecular flexibility index (Phi) is 5.35. The molecule has 138 valence electrons. The van der Waals surface area contributed by atoms with Crippen LogP contribution in [0.25, 0.3) is 0 Å². The monoisotopic (exact) mass is 363 g/mol. The van der Waals surface area contributed by atoms with Crippen LogP contribution in [0.1, 0.15) is 45.1 Å². The van der Waals surface area contributed by atoms with Crippen LogP contribution in [0, 0.1) is 6.92 Å². The van der Waals surface area contributed by atoms with Crippen LogP contribution in [-0.4, -0.2) is 28.9 Å². The summed E-state index contributed by atoms with van der Waals surface area (Å²) in [7, 11) is 1.71. The quantitative estimate of drug-likeness (QED) is 0.741. The fourth-order valence-corrected chi connectivity index (χ4v) is 2.71. The summed E-state index contributed by atoms with van der Waals surface area (Å²) in [4.78, 5) is 26.5. The van der Waals surface area contributed by atoms with E-state index in [1.54, 1.807) is 37.1 Å². The molecular weight excluding hydrogens is 342 g/mol. The fraction of sp³-hybridized carbons (Fsp3) is 0.190. The molecule has 1 N–H and O–H groups in total. The summed E-state index contributed by atoms with van der Waals surface area (Å²) < 4.78 is 5.06. The first-order chi connectivity index (χ1) is 13.0. The number of aromatic nitrogens is 1. The molecule has 6 heteroatoms. The molecule has 0 saturated carbocycles. The van der Waals surface area contributed by atoms with Crippen LogP contribution in [0.3, 0.4) is 0 Å². The highest BCUT2D eigenvalue weighted by molar-refractivity contribution is 6.04. The number of nitrogens with zero attached hydrogens (tertiary/aromatic N) is 2. The van der Waals surface area contributed by atoms with Crippen LogP contribution < -0.4 is 5.32 Å². The van der Waals surface area contributed by atoms with E-state index in [1.807, 2.05) is 49.4 Å². The van der Waals surface area contributed by atoms with Crippen LogP contribution in [0.2, 0.25) is 0 Å². The van der Waals surface area contributed by atoms with Gasteiger partial charge >= 0.3 is 0 Å². The van der Waals surface area contributed by atoms with Crippen LogP contribution in [-0.2, 0) is 0 Å². The predicted molar refractivity (Wildman–Crippen MR) is 103 cm³/mol. The molecule has 27 heavy (non-hydrogen) atoms. The maximum Gasteiger partial charge on any atom is 0.292 e. The SMILES string of the molecule is Cc1cc(C(=O)N(C)[C@@H](C)c2cccc(NC(=O)c3ccccc3)c2)on1. The van der Waals surface area contributed by atoms with E-state index in [-0.39, 0.29) is 23.6 Å². The van der Waals surface area contributed by atoms with Gasteiger partial charge in [-0.1, -0.05) is 35.5 Å². The molecule has 2 aromatic carbocycles. The molecule has 0 spiro atoms. The Bertz CT molecular complexity index is 950. The van der Waals surface area contributed by atoms with E-state index in [1.165, 1.54) is 0 Å². The third-order valence-corrected chi connectivity index (χ3v) is 4.40. The van der Waals surface area contributed by atoms with Crippen molar-refractivity contribution in [2.24, 2.45) is 0 Å². The molecule has 0 bridgehead atoms. The third-order valence-electron chi connectivity index (χ3n) is 4.40. The minimum absolute atomic E-state index is 0.179. The number of aryl methyl sites for hydroxylation is 1. The fourth-order valence-electron chi connectivity index (χ4n) is 2.71. The predicted octanol–water partition coefficient (Wildman–Crippen LogP) is 4.07. The lowest BCUT2D eigenvalue weighted by molar-refractivity contribution is 0.0700. The van der Waals surface area contributed by atoms with E-state index in [4.69, 9.17) is 4.52 Å². The first kappa shape index (κ1) is 18.4. The highest BCUT2D eigenvalue weighted by Gasteiger charge is 2.22. The molecule has 3 rings (SSSR count). The largest absolute Gasteiger partial charge is 0.351 e. The smallest absolute Gasteiger partial charge is 0.292 e. The van der Waals surface area contributed by atoms with E-state index in [0.717, 1.165) is 5.56 Å². The van der Waals surface area contributed by atoms with Gasteiger partial charge in [-0.3, -0.25) is 9.59 Å². The van der Waals surface area contributed by atoms with Crippen LogP contribution in [0.4, 0.5) is 5.69 Å². The average molecular weight is 363 g/mol. The number of carbonyl (C=O) groups excluding carboxylic acids is 2. The highest BCUT2D eigenvalue weighted by atomic mass is 16.5. The molecule has 0 aliphatic heterocycles. The zero-order valence-electron chi connectivity index (χ0n) is 15.5. The van der Waals surface area contributed by atoms with E-state index in [0.29, 0.717) is 16.9 Å². The average Bonchev–Trinajstić information content (AvgIpc) is 3.13. The van der Waals surface area contributed by atoms with Gasteiger partial charge in [-0.05, 0) is 43.7 Å². The van der Waals surface area contributed by atoms with Crippen LogP contribution in [0.5, 0.6) is 0 Å². The molecule has 0 fully saturated rings. The Labute approximate surface area is 157 Å². The van der Waals surface area contributed by atoms with Crippen molar-refractivity contribution in [1.82, 2.24) is 10.1 Å². The number of amides is 2. The zero-order valence-corrected chi connectivity index (χ0v) is 15.5. The van der Waals surface area contributed by atoms with Crippen molar-refractivity contribution >= 4 is 17.5 Å². The van der Waals surface area contributed by atoms with Gasteiger partial charge in [0.2, 0.25) is 5.76 Å². The lowest BCUT2D eigenvalue weighted by Crippen LogP contribution is -2.29. The lowest BCUT2D eigenvalue weighted by Gasteiger charge is -2.24. The highest BCUT2D eigenvalue weighted by Crippen LogP contribution is 2.24. The van der Waals surface area contributed by atoms with E-state index < -0.39 is 0 Å². The van der Waals surface area contributed by atoms with E-state index in [9.17, 15) is 9.59 Å². The summed E-state index contributed by atoms with van der Waals surface area (Å²) in [5, 5.41) is 6.64. The number of benzene rings is 2. The number of rotatable bonds is 5. The van der Waals surface area contributed by atoms with Crippen molar-refractivity contribution in [3.8, 4) is 0 Å². The van der Waals surface area contributed by atoms with Gasteiger partial charge < -0.3 is 14.7 Å². The second-order valence-corrected chi connectivity index (χ2v) is 6.37. The zero-order chi connectivity index (χ0) is 19.4. The second kappa shape index (κ2) is 7.86. The summed E-state index contributed by atoms with van der Waals surface area (Å²) in [6.45, 7) is 3.68. The molecule has 1 atom stereocenters. The van der Waals surface area contributed by atoms with Crippen molar-refractivity contribution in [2.45, 2.75) is 19.9 Å². The Hall–Kier alpha value is -3.41. The first-order valence-electron chi connectivity index (χ1n) is 8.62. The van der Waals surface area contributed by atoms with E-state index >= 15 is 0 Å². The molecule has 6 nitrogen and oxygen atoms in total. The van der Waals surface area contributed by atoms with Gasteiger partial charge in [0, 0.05) is 24.4 Å². The van der Waals surface area contributed by atoms with Crippen molar-refractivity contribution in [1.29, 1.82) is 0 Å². The molecule has 1 aromatic heterocycles. The molecule has 3 aromatic rings. The minimum Gasteiger partial charge on any atom is -0.351 e. The maximum absolute atomic E-state index is 12.5. The van der Waals surface area contributed by atoms with Crippen molar-refractivity contribution < 1.29 is 14.1 Å². The van der Waals surface area contributed by atoms with E-state index in [2.05, 4.69) is 10.5 Å². The number of anilines is 1. The topological polar surface area (TPSA) is 75.4 Å². The Morgan fingerprint density at radius 3 is 2.48 bits per heavy atom. The van der Waals surface area contributed by atoms with Crippen molar-refractivity contribution in [3.05, 3.63) is 83.2 Å². The van der Waals surface area contributed by atoms with Gasteiger partial charge in [0.15, 0.2) is 0 Å². The summed E-state index contributed by atoms with van der Waals surface area (Å²) in [6, 6.07) is 17.9. The summed E-state index contributed by atoms with van der Waals surface area (Å²) in [5.41, 5.74) is 2.81. The second-order valence-electron chi connectivity index (χ2n) is 6.37. The number of carbonyl (C=O) groups is 2. The van der Waals surface area contributed by atoms with Gasteiger partial charge in [-0.2, -0.15) is 0 Å². The van der Waals surface area contributed by atoms with Crippen molar-refractivity contribution in [3.63, 3.8) is 0 Å². The molecular formula is C21H21N3O3. The Balaban J connectivity index is 1.74. The van der Waals surface area contributed by atoms with Crippen molar-refractivity contribution in [2.75, 3.05) is 12.4 Å². The molecule has 2 amide bonds. The van der Waals surface area contributed by atoms with Gasteiger partial charge in [0.1, 0.15) is 0 Å². The molecule has 1 heterocycles. The summed E-state index contributed by atoms with van der Waals surface area (Å²) in [6.07, 6.45) is 0. The van der Waals surface area contributed by atoms with Gasteiger partial charge in [0.05, 0.1) is 11.7 Å². The number of nitrogens with one attached hydrogen (secondary N) is 1. The Morgan fingerprint density at radius 1 is 1.07 bits per heavy atom. The molecule has 0 aliphatic carbocycles. The number of hydrogen-bond acceptors (Lipinski definition) is 4. The summed E-state index contributed by atoms with van der Waals surface area (Å²) in [5.74, 6) is -0.223. The lowest BCUT2D eigenvalue weighted by atomic mass is 10.1. The standard InChI is InChI=1S/C21H21N3O3/c1-14-12-19(27-23-14)21(26)24(3)15(2)17-10-7-11-18(13-17)22-20(25)16-8-5-4-6-9-16/h4-13,15H,1-3H3,(H,22,25)/t15-/m0/s1. The van der Waals surface area contributed by atoms with Gasteiger partial charge in [-0.15, -0.1) is 0 Å². The maximum atomic E-state index is 12.5. The molecule has 0 saturated heterocycles. The van der Waals surface area contributed by atoms with Gasteiger partial charge in [0.25, 0.3) is 11.8 Å². The normalized spacial score (nSPS) is 11.7. The summed E-state index contributed by atoms with van der Waals surface area (Å²) >= 11 is 0. The number of hydrogen-bond donors (Lipinski definition) is 1. The molecule has 0 unspecified atom stereocenters. The minimum atomic E-state index is -0.248. The Morgan fingerprint density at radius 2 is 1.81 bits per heavy atom. The third kappa shape index (κ3) is 4.23. The molecule has 0 aliphatic rings. The first-order valence-corrected chi connectivity index (χ1v) is 8.62. The molecule has 0 radical (unpaired) electrons. The van der Waals surface area contributed by atoms with Crippen LogP contribution in [0.15, 0.2) is 65.2 Å². The van der Waals surface area contributed by atoms with Gasteiger partial charge in [-0.25, -0.2) is 0 Å². The van der Waals surface area contributed by atoms with Crippen LogP contribution >= 0.6 is 0 Å².